The fraction of sp³-hybridized carbons (Fsp3) is 0.300. The van der Waals surface area contributed by atoms with Gasteiger partial charge in [-0.05, 0) is 19.1 Å². The lowest BCUT2D eigenvalue weighted by atomic mass is 10.1. The number of hydrogen-bond acceptors (Lipinski definition) is 2. The maximum absolute atomic E-state index is 13.4. The topological polar surface area (TPSA) is 38.3 Å². The summed E-state index contributed by atoms with van der Waals surface area (Å²) >= 11 is 0. The molecule has 2 rings (SSSR count). The minimum atomic E-state index is -4.68. The average molecular weight is 249 g/mol. The molecule has 1 aromatic carbocycles. The van der Waals surface area contributed by atoms with Crippen molar-refractivity contribution < 1.29 is 27.1 Å². The molecule has 0 radical (unpaired) electrons. The van der Waals surface area contributed by atoms with E-state index in [9.17, 15) is 22.4 Å². The van der Waals surface area contributed by atoms with Crippen LogP contribution >= 0.6 is 0 Å². The van der Waals surface area contributed by atoms with Crippen molar-refractivity contribution in [3.8, 4) is 5.75 Å². The molecule has 92 valence electrons. The van der Waals surface area contributed by atoms with Crippen LogP contribution in [0.1, 0.15) is 12.5 Å². The molecular formula is C10H7F4NO2. The van der Waals surface area contributed by atoms with Gasteiger partial charge in [0.25, 0.3) is 5.91 Å². The zero-order valence-corrected chi connectivity index (χ0v) is 8.56. The fourth-order valence-electron chi connectivity index (χ4n) is 1.43. The van der Waals surface area contributed by atoms with Gasteiger partial charge in [-0.1, -0.05) is 0 Å². The van der Waals surface area contributed by atoms with Crippen molar-refractivity contribution in [3.63, 3.8) is 0 Å². The van der Waals surface area contributed by atoms with Gasteiger partial charge in [0, 0.05) is 0 Å². The Morgan fingerprint density at radius 3 is 2.59 bits per heavy atom. The van der Waals surface area contributed by atoms with Crippen molar-refractivity contribution >= 4 is 11.6 Å². The molecule has 0 bridgehead atoms. The fourth-order valence-corrected chi connectivity index (χ4v) is 1.43. The Bertz CT molecular complexity index is 484. The largest absolute Gasteiger partial charge is 0.476 e. The molecule has 1 amide bonds. The van der Waals surface area contributed by atoms with Gasteiger partial charge in [-0.2, -0.15) is 13.2 Å². The van der Waals surface area contributed by atoms with Gasteiger partial charge in [0.1, 0.15) is 0 Å². The van der Waals surface area contributed by atoms with E-state index in [1.165, 1.54) is 6.92 Å². The van der Waals surface area contributed by atoms with E-state index in [0.717, 1.165) is 0 Å². The minimum Gasteiger partial charge on any atom is -0.476 e. The van der Waals surface area contributed by atoms with Gasteiger partial charge in [-0.15, -0.1) is 0 Å². The van der Waals surface area contributed by atoms with Gasteiger partial charge in [0.2, 0.25) is 0 Å². The summed E-state index contributed by atoms with van der Waals surface area (Å²) < 4.78 is 55.4. The summed E-state index contributed by atoms with van der Waals surface area (Å²) in [6, 6.07) is 0.977. The van der Waals surface area contributed by atoms with Crippen molar-refractivity contribution in [2.24, 2.45) is 0 Å². The summed E-state index contributed by atoms with van der Waals surface area (Å²) in [5.74, 6) is -2.14. The van der Waals surface area contributed by atoms with Crippen LogP contribution in [0.3, 0.4) is 0 Å². The number of rotatable bonds is 0. The first-order valence-electron chi connectivity index (χ1n) is 4.67. The highest BCUT2D eigenvalue weighted by atomic mass is 19.4. The number of carbonyl (C=O) groups excluding carboxylic acids is 1. The van der Waals surface area contributed by atoms with Crippen LogP contribution in [0.15, 0.2) is 12.1 Å². The third-order valence-electron chi connectivity index (χ3n) is 2.29. The van der Waals surface area contributed by atoms with E-state index >= 15 is 0 Å². The molecular weight excluding hydrogens is 242 g/mol. The molecule has 0 saturated heterocycles. The van der Waals surface area contributed by atoms with Crippen molar-refractivity contribution in [1.29, 1.82) is 0 Å². The van der Waals surface area contributed by atoms with Crippen LogP contribution in [0.2, 0.25) is 0 Å². The summed E-state index contributed by atoms with van der Waals surface area (Å²) in [5, 5.41) is 2.16. The molecule has 1 aromatic rings. The normalized spacial score (nSPS) is 19.4. The van der Waals surface area contributed by atoms with E-state index in [2.05, 4.69) is 5.32 Å². The van der Waals surface area contributed by atoms with Crippen molar-refractivity contribution in [1.82, 2.24) is 0 Å². The first kappa shape index (κ1) is 11.7. The molecule has 17 heavy (non-hydrogen) atoms. The molecule has 0 fully saturated rings. The number of fused-ring (bicyclic) bond motifs is 1. The predicted molar refractivity (Wildman–Crippen MR) is 50.1 cm³/mol. The van der Waals surface area contributed by atoms with Gasteiger partial charge in [0.05, 0.1) is 11.3 Å². The molecule has 1 aliphatic heterocycles. The van der Waals surface area contributed by atoms with E-state index in [4.69, 9.17) is 4.74 Å². The second-order valence-corrected chi connectivity index (χ2v) is 3.58. The Kier molecular flexibility index (Phi) is 2.48. The Labute approximate surface area is 93.4 Å². The lowest BCUT2D eigenvalue weighted by Gasteiger charge is -2.24. The van der Waals surface area contributed by atoms with Crippen LogP contribution in [-0.2, 0) is 11.0 Å². The third-order valence-corrected chi connectivity index (χ3v) is 2.29. The molecule has 0 aromatic heterocycles. The monoisotopic (exact) mass is 249 g/mol. The van der Waals surface area contributed by atoms with Crippen LogP contribution in [0.25, 0.3) is 0 Å². The first-order valence-corrected chi connectivity index (χ1v) is 4.67. The summed E-state index contributed by atoms with van der Waals surface area (Å²) in [4.78, 5) is 11.2. The Balaban J connectivity index is 2.52. The van der Waals surface area contributed by atoms with Crippen LogP contribution in [0.4, 0.5) is 23.2 Å². The second-order valence-electron chi connectivity index (χ2n) is 3.58. The van der Waals surface area contributed by atoms with Crippen LogP contribution in [-0.4, -0.2) is 12.0 Å². The quantitative estimate of drug-likeness (QED) is 0.717. The summed E-state index contributed by atoms with van der Waals surface area (Å²) in [6.45, 7) is 1.37. The van der Waals surface area contributed by atoms with Crippen LogP contribution < -0.4 is 10.1 Å². The van der Waals surface area contributed by atoms with E-state index in [0.29, 0.717) is 12.1 Å². The Hall–Kier alpha value is -1.79. The van der Waals surface area contributed by atoms with Gasteiger partial charge in [0.15, 0.2) is 17.7 Å². The van der Waals surface area contributed by atoms with E-state index in [1.807, 2.05) is 0 Å². The number of benzene rings is 1. The Morgan fingerprint density at radius 1 is 1.35 bits per heavy atom. The average Bonchev–Trinajstić information content (AvgIpc) is 2.19. The number of halogens is 4. The van der Waals surface area contributed by atoms with Gasteiger partial charge < -0.3 is 10.1 Å². The molecule has 0 aliphatic carbocycles. The van der Waals surface area contributed by atoms with E-state index in [1.54, 1.807) is 0 Å². The maximum atomic E-state index is 13.4. The standard InChI is InChI=1S/C10H7F4NO2/c1-4-9(16)15-7-3-5(10(12,13)14)2-6(11)8(7)17-4/h2-4H,1H3,(H,15,16). The lowest BCUT2D eigenvalue weighted by Crippen LogP contribution is -2.35. The van der Waals surface area contributed by atoms with Crippen molar-refractivity contribution in [2.45, 2.75) is 19.2 Å². The molecule has 0 saturated carbocycles. The molecule has 3 nitrogen and oxygen atoms in total. The molecule has 0 spiro atoms. The highest BCUT2D eigenvalue weighted by Crippen LogP contribution is 2.39. The molecule has 7 heteroatoms. The number of hydrogen-bond donors (Lipinski definition) is 1. The van der Waals surface area contributed by atoms with Crippen molar-refractivity contribution in [3.05, 3.63) is 23.5 Å². The second kappa shape index (κ2) is 3.61. The zero-order valence-electron chi connectivity index (χ0n) is 8.56. The smallest absolute Gasteiger partial charge is 0.416 e. The Morgan fingerprint density at radius 2 is 2.00 bits per heavy atom. The van der Waals surface area contributed by atoms with Crippen molar-refractivity contribution in [2.75, 3.05) is 5.32 Å². The number of amides is 1. The maximum Gasteiger partial charge on any atom is 0.416 e. The lowest BCUT2D eigenvalue weighted by molar-refractivity contribution is -0.138. The number of ether oxygens (including phenoxy) is 1. The van der Waals surface area contributed by atoms with Crippen LogP contribution in [0.5, 0.6) is 5.75 Å². The number of alkyl halides is 3. The summed E-state index contributed by atoms with van der Waals surface area (Å²) in [5.41, 5.74) is -1.48. The number of anilines is 1. The van der Waals surface area contributed by atoms with E-state index in [-0.39, 0.29) is 11.4 Å². The summed E-state index contributed by atoms with van der Waals surface area (Å²) in [7, 11) is 0. The predicted octanol–water partition coefficient (Wildman–Crippen LogP) is 2.56. The molecule has 1 heterocycles. The summed E-state index contributed by atoms with van der Waals surface area (Å²) in [6.07, 6.45) is -5.61. The third kappa shape index (κ3) is 2.04. The molecule has 1 aliphatic rings. The van der Waals surface area contributed by atoms with Gasteiger partial charge in [-0.25, -0.2) is 4.39 Å². The van der Waals surface area contributed by atoms with E-state index < -0.39 is 29.6 Å². The number of carbonyl (C=O) groups is 1. The molecule has 1 unspecified atom stereocenters. The highest BCUT2D eigenvalue weighted by molar-refractivity contribution is 5.97. The highest BCUT2D eigenvalue weighted by Gasteiger charge is 2.35. The molecule has 1 N–H and O–H groups in total. The minimum absolute atomic E-state index is 0.305. The van der Waals surface area contributed by atoms with Crippen LogP contribution in [0, 0.1) is 5.82 Å². The SMILES string of the molecule is CC1Oc2c(F)cc(C(F)(F)F)cc2NC1=O. The zero-order chi connectivity index (χ0) is 12.8. The first-order chi connectivity index (χ1) is 7.79. The molecule has 1 atom stereocenters. The van der Waals surface area contributed by atoms with Gasteiger partial charge in [-0.3, -0.25) is 4.79 Å². The van der Waals surface area contributed by atoms with Gasteiger partial charge >= 0.3 is 6.18 Å². The number of nitrogens with one attached hydrogen (secondary N) is 1.